The molecule has 0 atom stereocenters. The summed E-state index contributed by atoms with van der Waals surface area (Å²) in [5.41, 5.74) is 1.06. The first-order valence-electron chi connectivity index (χ1n) is 6.94. The van der Waals surface area contributed by atoms with Gasteiger partial charge in [-0.1, -0.05) is 37.5 Å². The molecule has 1 aliphatic rings. The van der Waals surface area contributed by atoms with E-state index in [0.29, 0.717) is 5.88 Å². The Bertz CT molecular complexity index is 566. The van der Waals surface area contributed by atoms with Crippen molar-refractivity contribution in [1.82, 2.24) is 4.98 Å². The van der Waals surface area contributed by atoms with E-state index >= 15 is 0 Å². The summed E-state index contributed by atoms with van der Waals surface area (Å²) in [6.45, 7) is 0.766. The number of hydrogen-bond donors (Lipinski definition) is 0. The second-order valence-corrected chi connectivity index (χ2v) is 5.47. The number of rotatable bonds is 5. The predicted octanol–water partition coefficient (Wildman–Crippen LogP) is 4.54. The van der Waals surface area contributed by atoms with E-state index in [-0.39, 0.29) is 0 Å². The van der Waals surface area contributed by atoms with Gasteiger partial charge in [0.25, 0.3) is 0 Å². The smallest absolute Gasteiger partial charge is 0.221 e. The van der Waals surface area contributed by atoms with Crippen LogP contribution < -0.4 is 4.74 Å². The van der Waals surface area contributed by atoms with Gasteiger partial charge in [-0.15, -0.1) is 11.6 Å². The molecular weight excluding hydrogens is 258 g/mol. The van der Waals surface area contributed by atoms with Gasteiger partial charge in [-0.2, -0.15) is 0 Å². The molecule has 0 spiro atoms. The van der Waals surface area contributed by atoms with Crippen LogP contribution in [0.4, 0.5) is 0 Å². The lowest BCUT2D eigenvalue weighted by molar-refractivity contribution is 0.219. The fraction of sp³-hybridized carbons (Fsp3) is 0.438. The highest BCUT2D eigenvalue weighted by Crippen LogP contribution is 2.30. The van der Waals surface area contributed by atoms with Gasteiger partial charge < -0.3 is 4.74 Å². The normalized spacial score (nSPS) is 15.4. The van der Waals surface area contributed by atoms with E-state index < -0.39 is 0 Å². The molecule has 1 aromatic carbocycles. The molecular formula is C16H18ClNO. The minimum atomic E-state index is 0.482. The van der Waals surface area contributed by atoms with Gasteiger partial charge in [-0.05, 0) is 29.4 Å². The fourth-order valence-corrected chi connectivity index (χ4v) is 2.76. The van der Waals surface area contributed by atoms with E-state index in [4.69, 9.17) is 16.3 Å². The average molecular weight is 276 g/mol. The van der Waals surface area contributed by atoms with Gasteiger partial charge >= 0.3 is 0 Å². The number of ether oxygens (including phenoxy) is 1. The second-order valence-electron chi connectivity index (χ2n) is 5.20. The molecule has 2 aromatic rings. The average Bonchev–Trinajstić information content (AvgIpc) is 2.41. The third-order valence-electron chi connectivity index (χ3n) is 3.97. The van der Waals surface area contributed by atoms with Crippen molar-refractivity contribution in [3.8, 4) is 5.88 Å². The number of benzene rings is 1. The van der Waals surface area contributed by atoms with Crippen LogP contribution in [0.25, 0.3) is 10.8 Å². The molecule has 1 saturated carbocycles. The molecule has 0 saturated heterocycles. The summed E-state index contributed by atoms with van der Waals surface area (Å²) in [5.74, 6) is 2.09. The Kier molecular flexibility index (Phi) is 3.88. The molecule has 0 amide bonds. The van der Waals surface area contributed by atoms with Gasteiger partial charge in [0.2, 0.25) is 5.88 Å². The summed E-state index contributed by atoms with van der Waals surface area (Å²) in [5, 5.41) is 2.21. The van der Waals surface area contributed by atoms with Gasteiger partial charge in [0, 0.05) is 17.5 Å². The Morgan fingerprint density at radius 3 is 2.68 bits per heavy atom. The molecule has 3 heteroatoms. The maximum absolute atomic E-state index is 5.95. The number of aromatic nitrogens is 1. The Morgan fingerprint density at radius 2 is 2.00 bits per heavy atom. The zero-order chi connectivity index (χ0) is 13.1. The molecule has 0 aliphatic heterocycles. The first-order chi connectivity index (χ1) is 9.38. The Morgan fingerprint density at radius 1 is 1.21 bits per heavy atom. The van der Waals surface area contributed by atoms with Crippen LogP contribution in [0, 0.1) is 5.92 Å². The maximum atomic E-state index is 5.95. The van der Waals surface area contributed by atoms with Gasteiger partial charge in [-0.25, -0.2) is 4.98 Å². The lowest BCUT2D eigenvalue weighted by Gasteiger charge is -2.25. The van der Waals surface area contributed by atoms with Crippen LogP contribution in [-0.4, -0.2) is 11.6 Å². The van der Waals surface area contributed by atoms with E-state index in [2.05, 4.69) is 17.1 Å². The molecule has 0 bridgehead atoms. The molecule has 1 aromatic heterocycles. The summed E-state index contributed by atoms with van der Waals surface area (Å²) < 4.78 is 5.87. The molecule has 0 unspecified atom stereocenters. The van der Waals surface area contributed by atoms with Crippen LogP contribution in [-0.2, 0) is 5.88 Å². The number of hydrogen-bond acceptors (Lipinski definition) is 2. The molecule has 0 N–H and O–H groups in total. The number of alkyl halides is 1. The third-order valence-corrected chi connectivity index (χ3v) is 4.26. The molecule has 19 heavy (non-hydrogen) atoms. The molecule has 1 heterocycles. The van der Waals surface area contributed by atoms with E-state index in [1.807, 2.05) is 18.3 Å². The van der Waals surface area contributed by atoms with Crippen molar-refractivity contribution >= 4 is 22.4 Å². The molecule has 0 radical (unpaired) electrons. The molecule has 1 aliphatic carbocycles. The highest BCUT2D eigenvalue weighted by molar-refractivity contribution is 6.18. The van der Waals surface area contributed by atoms with Crippen molar-refractivity contribution in [3.05, 3.63) is 36.0 Å². The van der Waals surface area contributed by atoms with Crippen molar-refractivity contribution in [2.45, 2.75) is 31.6 Å². The van der Waals surface area contributed by atoms with Crippen molar-refractivity contribution in [3.63, 3.8) is 0 Å². The molecule has 2 nitrogen and oxygen atoms in total. The first-order valence-corrected chi connectivity index (χ1v) is 7.47. The third kappa shape index (κ3) is 2.69. The number of nitrogens with zero attached hydrogens (tertiary/aromatic N) is 1. The number of pyridine rings is 1. The van der Waals surface area contributed by atoms with E-state index in [1.165, 1.54) is 19.3 Å². The number of fused-ring (bicyclic) bond motifs is 1. The lowest BCUT2D eigenvalue weighted by Crippen LogP contribution is -2.14. The predicted molar refractivity (Wildman–Crippen MR) is 78.8 cm³/mol. The van der Waals surface area contributed by atoms with Crippen LogP contribution >= 0.6 is 11.6 Å². The molecule has 3 rings (SSSR count). The SMILES string of the molecule is ClCc1cnc(OCCC2CCC2)c2ccccc12. The molecule has 1 fully saturated rings. The number of halogens is 1. The van der Waals surface area contributed by atoms with Crippen LogP contribution in [0.15, 0.2) is 30.5 Å². The van der Waals surface area contributed by atoms with Crippen LogP contribution in [0.3, 0.4) is 0 Å². The highest BCUT2D eigenvalue weighted by Gasteiger charge is 2.17. The Balaban J connectivity index is 1.78. The maximum Gasteiger partial charge on any atom is 0.221 e. The first kappa shape index (κ1) is 12.7. The standard InChI is InChI=1S/C16H18ClNO/c17-10-13-11-18-16(15-7-2-1-6-14(13)15)19-9-8-12-4-3-5-12/h1-2,6-7,11-12H,3-5,8-10H2. The summed E-state index contributed by atoms with van der Waals surface area (Å²) in [4.78, 5) is 4.41. The van der Waals surface area contributed by atoms with Crippen LogP contribution in [0.2, 0.25) is 0 Å². The zero-order valence-electron chi connectivity index (χ0n) is 10.9. The zero-order valence-corrected chi connectivity index (χ0v) is 11.7. The summed E-state index contributed by atoms with van der Waals surface area (Å²) in [6, 6.07) is 8.17. The monoisotopic (exact) mass is 275 g/mol. The van der Waals surface area contributed by atoms with Crippen molar-refractivity contribution in [2.24, 2.45) is 5.92 Å². The van der Waals surface area contributed by atoms with E-state index in [1.54, 1.807) is 0 Å². The van der Waals surface area contributed by atoms with Crippen molar-refractivity contribution in [1.29, 1.82) is 0 Å². The fourth-order valence-electron chi connectivity index (χ4n) is 2.55. The second kappa shape index (κ2) is 5.79. The minimum absolute atomic E-state index is 0.482. The van der Waals surface area contributed by atoms with Gasteiger partial charge in [-0.3, -0.25) is 0 Å². The van der Waals surface area contributed by atoms with Crippen LogP contribution in [0.1, 0.15) is 31.2 Å². The van der Waals surface area contributed by atoms with Crippen LogP contribution in [0.5, 0.6) is 5.88 Å². The van der Waals surface area contributed by atoms with E-state index in [9.17, 15) is 0 Å². The van der Waals surface area contributed by atoms with Crippen molar-refractivity contribution < 1.29 is 4.74 Å². The van der Waals surface area contributed by atoms with E-state index in [0.717, 1.165) is 41.2 Å². The summed E-state index contributed by atoms with van der Waals surface area (Å²) >= 11 is 5.95. The highest BCUT2D eigenvalue weighted by atomic mass is 35.5. The Labute approximate surface area is 118 Å². The topological polar surface area (TPSA) is 22.1 Å². The quantitative estimate of drug-likeness (QED) is 0.747. The van der Waals surface area contributed by atoms with Gasteiger partial charge in [0.15, 0.2) is 0 Å². The minimum Gasteiger partial charge on any atom is -0.477 e. The van der Waals surface area contributed by atoms with Gasteiger partial charge in [0.1, 0.15) is 0 Å². The van der Waals surface area contributed by atoms with Gasteiger partial charge in [0.05, 0.1) is 6.61 Å². The summed E-state index contributed by atoms with van der Waals surface area (Å²) in [7, 11) is 0. The van der Waals surface area contributed by atoms with Crippen molar-refractivity contribution in [2.75, 3.05) is 6.61 Å². The summed E-state index contributed by atoms with van der Waals surface area (Å²) in [6.07, 6.45) is 7.09. The molecule has 100 valence electrons. The largest absolute Gasteiger partial charge is 0.477 e. The Hall–Kier alpha value is -1.28. The lowest BCUT2D eigenvalue weighted by atomic mass is 9.83.